The van der Waals surface area contributed by atoms with Crippen LogP contribution in [-0.4, -0.2) is 45.8 Å². The van der Waals surface area contributed by atoms with E-state index in [0.717, 1.165) is 63.0 Å². The van der Waals surface area contributed by atoms with Crippen molar-refractivity contribution in [2.75, 3.05) is 44.7 Å². The van der Waals surface area contributed by atoms with Gasteiger partial charge in [-0.15, -0.1) is 0 Å². The van der Waals surface area contributed by atoms with Gasteiger partial charge in [0.15, 0.2) is 5.96 Å². The molecule has 1 atom stereocenters. The van der Waals surface area contributed by atoms with Crippen molar-refractivity contribution in [3.63, 3.8) is 0 Å². The Labute approximate surface area is 161 Å². The van der Waals surface area contributed by atoms with E-state index >= 15 is 0 Å². The van der Waals surface area contributed by atoms with Gasteiger partial charge in [0.25, 0.3) is 0 Å². The number of ether oxygens (including phenoxy) is 1. The Hall–Kier alpha value is -2.63. The van der Waals surface area contributed by atoms with Crippen LogP contribution in [0, 0.1) is 5.92 Å². The number of nitrogens with zero attached hydrogens (tertiary/aromatic N) is 2. The first-order chi connectivity index (χ1) is 13.3. The molecular formula is C21H30N4O2. The lowest BCUT2D eigenvalue weighted by molar-refractivity contribution is 0.414. The van der Waals surface area contributed by atoms with Crippen molar-refractivity contribution >= 4 is 11.6 Å². The molecule has 0 amide bonds. The van der Waals surface area contributed by atoms with Gasteiger partial charge in [-0.3, -0.25) is 4.99 Å². The summed E-state index contributed by atoms with van der Waals surface area (Å²) in [7, 11) is 1.73. The van der Waals surface area contributed by atoms with E-state index in [-0.39, 0.29) is 0 Å². The average Bonchev–Trinajstić information content (AvgIpc) is 3.38. The van der Waals surface area contributed by atoms with Gasteiger partial charge in [-0.05, 0) is 43.5 Å². The number of nitrogens with one attached hydrogen (secondary N) is 2. The molecule has 2 aromatic rings. The van der Waals surface area contributed by atoms with Crippen LogP contribution in [0.2, 0.25) is 0 Å². The fourth-order valence-electron chi connectivity index (χ4n) is 3.41. The van der Waals surface area contributed by atoms with Crippen LogP contribution in [0.1, 0.15) is 19.1 Å². The molecule has 1 aliphatic heterocycles. The second-order valence-electron chi connectivity index (χ2n) is 6.75. The quantitative estimate of drug-likeness (QED) is 0.553. The highest BCUT2D eigenvalue weighted by molar-refractivity contribution is 5.79. The van der Waals surface area contributed by atoms with Gasteiger partial charge < -0.3 is 24.7 Å². The largest absolute Gasteiger partial charge is 0.495 e. The lowest BCUT2D eigenvalue weighted by atomic mass is 10.1. The van der Waals surface area contributed by atoms with E-state index in [1.165, 1.54) is 5.69 Å². The molecule has 146 valence electrons. The lowest BCUT2D eigenvalue weighted by Gasteiger charge is -2.21. The summed E-state index contributed by atoms with van der Waals surface area (Å²) in [6, 6.07) is 12.1. The molecule has 1 fully saturated rings. The Balaban J connectivity index is 1.50. The van der Waals surface area contributed by atoms with E-state index in [0.29, 0.717) is 5.92 Å². The van der Waals surface area contributed by atoms with E-state index in [9.17, 15) is 0 Å². The Bertz CT molecular complexity index is 715. The summed E-state index contributed by atoms with van der Waals surface area (Å²) in [4.78, 5) is 7.19. The van der Waals surface area contributed by atoms with Crippen LogP contribution in [0.3, 0.4) is 0 Å². The molecule has 1 unspecified atom stereocenters. The maximum Gasteiger partial charge on any atom is 0.191 e. The maximum absolute atomic E-state index is 5.50. The number of para-hydroxylation sites is 2. The van der Waals surface area contributed by atoms with Crippen LogP contribution in [0.25, 0.3) is 0 Å². The number of methoxy groups -OCH3 is 1. The van der Waals surface area contributed by atoms with Crippen LogP contribution in [-0.2, 0) is 6.42 Å². The van der Waals surface area contributed by atoms with Crippen molar-refractivity contribution in [2.24, 2.45) is 10.9 Å². The summed E-state index contributed by atoms with van der Waals surface area (Å²) in [5.41, 5.74) is 1.18. The Morgan fingerprint density at radius 2 is 2.15 bits per heavy atom. The van der Waals surface area contributed by atoms with E-state index in [1.54, 1.807) is 13.4 Å². The van der Waals surface area contributed by atoms with Gasteiger partial charge in [0.2, 0.25) is 0 Å². The van der Waals surface area contributed by atoms with Crippen molar-refractivity contribution in [1.29, 1.82) is 0 Å². The molecule has 1 aromatic carbocycles. The van der Waals surface area contributed by atoms with E-state index in [1.807, 2.05) is 24.3 Å². The third-order valence-electron chi connectivity index (χ3n) is 4.81. The Morgan fingerprint density at radius 3 is 2.93 bits per heavy atom. The van der Waals surface area contributed by atoms with Gasteiger partial charge >= 0.3 is 0 Å². The predicted molar refractivity (Wildman–Crippen MR) is 110 cm³/mol. The summed E-state index contributed by atoms with van der Waals surface area (Å²) >= 11 is 0. The van der Waals surface area contributed by atoms with Gasteiger partial charge in [0.1, 0.15) is 11.5 Å². The first kappa shape index (κ1) is 19.1. The summed E-state index contributed by atoms with van der Waals surface area (Å²) in [5, 5.41) is 6.71. The number of guanidine groups is 1. The molecule has 0 radical (unpaired) electrons. The number of hydrogen-bond acceptors (Lipinski definition) is 4. The molecule has 0 aliphatic carbocycles. The molecule has 0 spiro atoms. The molecule has 2 heterocycles. The minimum absolute atomic E-state index is 0.551. The van der Waals surface area contributed by atoms with Crippen molar-refractivity contribution in [3.05, 3.63) is 48.4 Å². The Morgan fingerprint density at radius 1 is 1.26 bits per heavy atom. The highest BCUT2D eigenvalue weighted by Gasteiger charge is 2.24. The predicted octanol–water partition coefficient (Wildman–Crippen LogP) is 2.91. The molecule has 0 bridgehead atoms. The fourth-order valence-corrected chi connectivity index (χ4v) is 3.41. The summed E-state index contributed by atoms with van der Waals surface area (Å²) in [6.45, 7) is 6.62. The zero-order valence-corrected chi connectivity index (χ0v) is 16.3. The van der Waals surface area contributed by atoms with Gasteiger partial charge in [-0.2, -0.15) is 0 Å². The minimum Gasteiger partial charge on any atom is -0.495 e. The first-order valence-corrected chi connectivity index (χ1v) is 9.72. The van der Waals surface area contributed by atoms with Crippen LogP contribution in [0.15, 0.2) is 52.1 Å². The topological polar surface area (TPSA) is 62.0 Å². The van der Waals surface area contributed by atoms with Crippen molar-refractivity contribution in [2.45, 2.75) is 19.8 Å². The number of aliphatic imine (C=N–C) groups is 1. The summed E-state index contributed by atoms with van der Waals surface area (Å²) in [6.07, 6.45) is 3.71. The molecule has 0 saturated carbocycles. The fraction of sp³-hybridized carbons (Fsp3) is 0.476. The number of anilines is 1. The molecule has 6 nitrogen and oxygen atoms in total. The standard InChI is InChI=1S/C21H30N4O2/c1-3-22-21(23-12-10-18-7-6-14-27-18)24-15-17-11-13-25(16-17)19-8-4-5-9-20(19)26-2/h4-9,14,17H,3,10-13,15-16H2,1-2H3,(H2,22,23,24). The van der Waals surface area contributed by atoms with Crippen molar-refractivity contribution in [1.82, 2.24) is 10.6 Å². The highest BCUT2D eigenvalue weighted by atomic mass is 16.5. The third kappa shape index (κ3) is 5.42. The van der Waals surface area contributed by atoms with Gasteiger partial charge in [0.05, 0.1) is 19.1 Å². The summed E-state index contributed by atoms with van der Waals surface area (Å²) < 4.78 is 10.9. The van der Waals surface area contributed by atoms with Gasteiger partial charge in [-0.1, -0.05) is 12.1 Å². The summed E-state index contributed by atoms with van der Waals surface area (Å²) in [5.74, 6) is 3.35. The second kappa shape index (κ2) is 9.90. The molecule has 1 saturated heterocycles. The first-order valence-electron chi connectivity index (χ1n) is 9.72. The highest BCUT2D eigenvalue weighted by Crippen LogP contribution is 2.31. The van der Waals surface area contributed by atoms with Crippen molar-refractivity contribution in [3.8, 4) is 5.75 Å². The number of furan rings is 1. The van der Waals surface area contributed by atoms with Crippen LogP contribution in [0.5, 0.6) is 5.75 Å². The van der Waals surface area contributed by atoms with E-state index in [4.69, 9.17) is 14.1 Å². The molecule has 6 heteroatoms. The molecule has 1 aliphatic rings. The van der Waals surface area contributed by atoms with E-state index in [2.05, 4.69) is 34.6 Å². The molecule has 27 heavy (non-hydrogen) atoms. The smallest absolute Gasteiger partial charge is 0.191 e. The van der Waals surface area contributed by atoms with E-state index < -0.39 is 0 Å². The van der Waals surface area contributed by atoms with Crippen molar-refractivity contribution < 1.29 is 9.15 Å². The maximum atomic E-state index is 5.50. The third-order valence-corrected chi connectivity index (χ3v) is 4.81. The average molecular weight is 370 g/mol. The molecular weight excluding hydrogens is 340 g/mol. The number of benzene rings is 1. The number of rotatable bonds is 8. The lowest BCUT2D eigenvalue weighted by Crippen LogP contribution is -2.38. The van der Waals surface area contributed by atoms with Gasteiger partial charge in [-0.25, -0.2) is 0 Å². The van der Waals surface area contributed by atoms with Crippen LogP contribution in [0.4, 0.5) is 5.69 Å². The number of hydrogen-bond donors (Lipinski definition) is 2. The molecule has 2 N–H and O–H groups in total. The SMILES string of the molecule is CCNC(=NCC1CCN(c2ccccc2OC)C1)NCCc1ccco1. The molecule has 1 aromatic heterocycles. The van der Waals surface area contributed by atoms with Crippen LogP contribution < -0.4 is 20.3 Å². The zero-order chi connectivity index (χ0) is 18.9. The Kier molecular flexibility index (Phi) is 7.02. The molecule has 3 rings (SSSR count). The van der Waals surface area contributed by atoms with Gasteiger partial charge in [0, 0.05) is 39.1 Å². The second-order valence-corrected chi connectivity index (χ2v) is 6.75. The monoisotopic (exact) mass is 370 g/mol. The zero-order valence-electron chi connectivity index (χ0n) is 16.3. The minimum atomic E-state index is 0.551. The van der Waals surface area contributed by atoms with Crippen LogP contribution >= 0.6 is 0 Å². The normalized spacial score (nSPS) is 17.2.